The van der Waals surface area contributed by atoms with E-state index in [0.717, 1.165) is 0 Å². The molecule has 1 aliphatic heterocycles. The summed E-state index contributed by atoms with van der Waals surface area (Å²) >= 11 is 9.27. The minimum Gasteiger partial charge on any atom is -0.489 e. The van der Waals surface area contributed by atoms with Crippen molar-refractivity contribution in [1.82, 2.24) is 15.5 Å². The Bertz CT molecular complexity index is 1230. The monoisotopic (exact) mass is 533 g/mol. The Morgan fingerprint density at radius 3 is 2.76 bits per heavy atom. The molecular weight excluding hydrogens is 518 g/mol. The van der Waals surface area contributed by atoms with Gasteiger partial charge in [-0.3, -0.25) is 14.7 Å². The third-order valence-corrected chi connectivity index (χ3v) is 5.84. The van der Waals surface area contributed by atoms with E-state index in [-0.39, 0.29) is 39.3 Å². The fourth-order valence-electron chi connectivity index (χ4n) is 3.10. The number of halogens is 2. The third kappa shape index (κ3) is 4.78. The number of H-pyrrole nitrogens is 1. The van der Waals surface area contributed by atoms with Gasteiger partial charge in [-0.2, -0.15) is 0 Å². The molecule has 1 aliphatic rings. The average molecular weight is 535 g/mol. The van der Waals surface area contributed by atoms with Crippen molar-refractivity contribution in [2.24, 2.45) is 0 Å². The quantitative estimate of drug-likeness (QED) is 0.470. The Hall–Kier alpha value is -3.57. The SMILES string of the molecule is CN1C(=O)[C@H](NC(=O)Oc2n[nH]c(NC(=O)c3ccccc3Cl)c2Br)COc2ccccc21. The van der Waals surface area contributed by atoms with E-state index < -0.39 is 18.0 Å². The summed E-state index contributed by atoms with van der Waals surface area (Å²) in [5.74, 6) is -0.303. The Morgan fingerprint density at radius 2 is 1.97 bits per heavy atom. The molecule has 3 aromatic rings. The zero-order valence-electron chi connectivity index (χ0n) is 17.1. The summed E-state index contributed by atoms with van der Waals surface area (Å²) in [5, 5.41) is 11.8. The number of carbonyl (C=O) groups excluding carboxylic acids is 3. The van der Waals surface area contributed by atoms with Crippen LogP contribution in [0.25, 0.3) is 0 Å². The number of fused-ring (bicyclic) bond motifs is 1. The fraction of sp³-hybridized carbons (Fsp3) is 0.143. The van der Waals surface area contributed by atoms with Crippen molar-refractivity contribution in [2.45, 2.75) is 6.04 Å². The lowest BCUT2D eigenvalue weighted by Crippen LogP contribution is -2.50. The van der Waals surface area contributed by atoms with Gasteiger partial charge in [-0.1, -0.05) is 35.9 Å². The second kappa shape index (κ2) is 9.51. The number of anilines is 2. The molecule has 4 rings (SSSR count). The molecule has 0 bridgehead atoms. The van der Waals surface area contributed by atoms with E-state index in [2.05, 4.69) is 36.8 Å². The summed E-state index contributed by atoms with van der Waals surface area (Å²) in [7, 11) is 1.59. The molecule has 0 aliphatic carbocycles. The minimum atomic E-state index is -0.980. The van der Waals surface area contributed by atoms with Gasteiger partial charge in [-0.05, 0) is 40.2 Å². The molecule has 12 heteroatoms. The van der Waals surface area contributed by atoms with Crippen LogP contribution in [0, 0.1) is 0 Å². The van der Waals surface area contributed by atoms with Crippen LogP contribution >= 0.6 is 27.5 Å². The Balaban J connectivity index is 1.40. The largest absolute Gasteiger partial charge is 0.489 e. The number of hydrogen-bond acceptors (Lipinski definition) is 6. The molecule has 2 heterocycles. The molecule has 3 amide bonds. The zero-order valence-corrected chi connectivity index (χ0v) is 19.4. The second-order valence-corrected chi connectivity index (χ2v) is 8.11. The number of ether oxygens (including phenoxy) is 2. The normalized spacial score (nSPS) is 15.2. The van der Waals surface area contributed by atoms with Crippen molar-refractivity contribution in [3.8, 4) is 11.6 Å². The lowest BCUT2D eigenvalue weighted by molar-refractivity contribution is -0.120. The van der Waals surface area contributed by atoms with Crippen LogP contribution in [0.1, 0.15) is 10.4 Å². The predicted octanol–water partition coefficient (Wildman–Crippen LogP) is 3.59. The minimum absolute atomic E-state index is 0.0732. The van der Waals surface area contributed by atoms with Gasteiger partial charge in [0.15, 0.2) is 0 Å². The van der Waals surface area contributed by atoms with Crippen molar-refractivity contribution >= 4 is 56.9 Å². The van der Waals surface area contributed by atoms with E-state index in [9.17, 15) is 14.4 Å². The van der Waals surface area contributed by atoms with Gasteiger partial charge in [0, 0.05) is 7.05 Å². The van der Waals surface area contributed by atoms with Crippen molar-refractivity contribution in [3.63, 3.8) is 0 Å². The Morgan fingerprint density at radius 1 is 1.24 bits per heavy atom. The number of amides is 3. The molecule has 1 aromatic heterocycles. The van der Waals surface area contributed by atoms with E-state index in [1.165, 1.54) is 4.90 Å². The van der Waals surface area contributed by atoms with Crippen LogP contribution in [0.3, 0.4) is 0 Å². The number of rotatable bonds is 4. The lowest BCUT2D eigenvalue weighted by atomic mass is 10.2. The number of aromatic nitrogens is 2. The number of hydrogen-bond donors (Lipinski definition) is 3. The summed E-state index contributed by atoms with van der Waals surface area (Å²) in [6.45, 7) is -0.0732. The highest BCUT2D eigenvalue weighted by molar-refractivity contribution is 9.10. The zero-order chi connectivity index (χ0) is 23.5. The molecule has 0 saturated heterocycles. The van der Waals surface area contributed by atoms with Gasteiger partial charge in [0.2, 0.25) is 0 Å². The maximum atomic E-state index is 12.7. The molecule has 0 fully saturated rings. The van der Waals surface area contributed by atoms with Crippen LogP contribution in [-0.2, 0) is 4.79 Å². The third-order valence-electron chi connectivity index (χ3n) is 4.78. The van der Waals surface area contributed by atoms with Crippen LogP contribution in [0.2, 0.25) is 5.02 Å². The summed E-state index contributed by atoms with van der Waals surface area (Å²) in [6, 6.07) is 12.6. The van der Waals surface area contributed by atoms with E-state index in [1.807, 2.05) is 0 Å². The molecule has 0 saturated carbocycles. The maximum Gasteiger partial charge on any atom is 0.414 e. The van der Waals surface area contributed by atoms with Gasteiger partial charge in [0.25, 0.3) is 17.7 Å². The van der Waals surface area contributed by atoms with Gasteiger partial charge in [-0.25, -0.2) is 4.79 Å². The number of para-hydroxylation sites is 2. The van der Waals surface area contributed by atoms with Gasteiger partial charge in [0.05, 0.1) is 16.3 Å². The van der Waals surface area contributed by atoms with Crippen LogP contribution < -0.4 is 25.0 Å². The Labute approximate surface area is 201 Å². The van der Waals surface area contributed by atoms with Crippen molar-refractivity contribution in [1.29, 1.82) is 0 Å². The summed E-state index contributed by atoms with van der Waals surface area (Å²) < 4.78 is 11.1. The highest BCUT2D eigenvalue weighted by atomic mass is 79.9. The topological polar surface area (TPSA) is 126 Å². The number of aromatic amines is 1. The van der Waals surface area contributed by atoms with E-state index in [1.54, 1.807) is 55.6 Å². The average Bonchev–Trinajstić information content (AvgIpc) is 3.08. The van der Waals surface area contributed by atoms with Crippen LogP contribution in [0.15, 0.2) is 53.0 Å². The highest BCUT2D eigenvalue weighted by Crippen LogP contribution is 2.31. The van der Waals surface area contributed by atoms with Crippen LogP contribution in [0.4, 0.5) is 16.3 Å². The molecule has 0 unspecified atom stereocenters. The fourth-order valence-corrected chi connectivity index (χ4v) is 3.68. The second-order valence-electron chi connectivity index (χ2n) is 6.91. The van der Waals surface area contributed by atoms with E-state index in [4.69, 9.17) is 21.1 Å². The van der Waals surface area contributed by atoms with Crippen molar-refractivity contribution < 1.29 is 23.9 Å². The number of carbonyl (C=O) groups is 3. The summed E-state index contributed by atoms with van der Waals surface area (Å²) in [4.78, 5) is 39.0. The molecular formula is C21H17BrClN5O5. The standard InChI is InChI=1S/C21H17BrClN5O5/c1-28-14-8-4-5-9-15(14)32-10-13(20(28)30)24-21(31)33-19-16(22)17(26-27-19)25-18(29)11-6-2-3-7-12(11)23/h2-9,13H,10H2,1H3,(H,24,31)(H2,25,26,27,29)/t13-/m1/s1. The van der Waals surface area contributed by atoms with Crippen LogP contribution in [0.5, 0.6) is 11.6 Å². The summed E-state index contributed by atoms with van der Waals surface area (Å²) in [6.07, 6.45) is -0.924. The predicted molar refractivity (Wildman–Crippen MR) is 124 cm³/mol. The maximum absolute atomic E-state index is 12.7. The van der Waals surface area contributed by atoms with Crippen LogP contribution in [-0.4, -0.2) is 47.8 Å². The molecule has 33 heavy (non-hydrogen) atoms. The molecule has 1 atom stereocenters. The van der Waals surface area contributed by atoms with Crippen molar-refractivity contribution in [2.75, 3.05) is 23.9 Å². The highest BCUT2D eigenvalue weighted by Gasteiger charge is 2.31. The number of benzene rings is 2. The molecule has 0 spiro atoms. The summed E-state index contributed by atoms with van der Waals surface area (Å²) in [5.41, 5.74) is 0.854. The molecule has 2 aromatic carbocycles. The van der Waals surface area contributed by atoms with Crippen molar-refractivity contribution in [3.05, 3.63) is 63.6 Å². The first kappa shape index (κ1) is 22.6. The van der Waals surface area contributed by atoms with Gasteiger partial charge in [-0.15, -0.1) is 5.10 Å². The smallest absolute Gasteiger partial charge is 0.414 e. The number of likely N-dealkylation sites (N-methyl/N-ethyl adjacent to an activating group) is 1. The molecule has 170 valence electrons. The number of nitrogens with zero attached hydrogens (tertiary/aromatic N) is 2. The van der Waals surface area contributed by atoms with Gasteiger partial charge in [0.1, 0.15) is 28.7 Å². The first-order valence-corrected chi connectivity index (χ1v) is 10.8. The molecule has 0 radical (unpaired) electrons. The lowest BCUT2D eigenvalue weighted by Gasteiger charge is -2.19. The first-order valence-electron chi connectivity index (χ1n) is 9.62. The first-order chi connectivity index (χ1) is 15.8. The molecule has 3 N–H and O–H groups in total. The Kier molecular flexibility index (Phi) is 6.52. The van der Waals surface area contributed by atoms with Gasteiger partial charge >= 0.3 is 6.09 Å². The van der Waals surface area contributed by atoms with E-state index in [0.29, 0.717) is 11.4 Å². The number of nitrogens with one attached hydrogen (secondary N) is 3. The molecule has 10 nitrogen and oxygen atoms in total. The van der Waals surface area contributed by atoms with E-state index >= 15 is 0 Å². The van der Waals surface area contributed by atoms with Gasteiger partial charge < -0.3 is 25.0 Å².